The third-order valence-electron chi connectivity index (χ3n) is 3.29. The summed E-state index contributed by atoms with van der Waals surface area (Å²) in [6.07, 6.45) is 6.83. The summed E-state index contributed by atoms with van der Waals surface area (Å²) >= 11 is 5.62. The molecule has 2 nitrogen and oxygen atoms in total. The molecule has 0 aliphatic carbocycles. The number of nitrogens with zero attached hydrogens (tertiary/aromatic N) is 1. The maximum atomic E-state index is 9.79. The van der Waals surface area contributed by atoms with E-state index in [2.05, 4.69) is 4.90 Å². The van der Waals surface area contributed by atoms with Crippen molar-refractivity contribution in [2.75, 3.05) is 25.5 Å². The van der Waals surface area contributed by atoms with Crippen molar-refractivity contribution in [1.29, 1.82) is 0 Å². The fraction of sp³-hybridized carbons (Fsp3) is 1.00. The van der Waals surface area contributed by atoms with Crippen LogP contribution < -0.4 is 0 Å². The highest BCUT2D eigenvalue weighted by atomic mass is 35.5. The highest BCUT2D eigenvalue weighted by Gasteiger charge is 2.26. The fourth-order valence-electron chi connectivity index (χ4n) is 2.04. The van der Waals surface area contributed by atoms with Gasteiger partial charge >= 0.3 is 0 Å². The number of piperidine rings is 1. The lowest BCUT2D eigenvalue weighted by molar-refractivity contribution is -0.00553. The van der Waals surface area contributed by atoms with Gasteiger partial charge in [0.05, 0.1) is 5.60 Å². The minimum absolute atomic E-state index is 0.408. The van der Waals surface area contributed by atoms with Gasteiger partial charge in [-0.15, -0.1) is 11.6 Å². The smallest absolute Gasteiger partial charge is 0.0644 e. The molecule has 1 aliphatic heterocycles. The zero-order chi connectivity index (χ0) is 11.1. The van der Waals surface area contributed by atoms with Crippen molar-refractivity contribution < 1.29 is 5.11 Å². The second-order valence-electron chi connectivity index (χ2n) is 4.94. The Kier molecular flexibility index (Phi) is 5.95. The van der Waals surface area contributed by atoms with E-state index < -0.39 is 5.60 Å². The predicted molar refractivity (Wildman–Crippen MR) is 65.5 cm³/mol. The van der Waals surface area contributed by atoms with Gasteiger partial charge in [0.1, 0.15) is 0 Å². The molecule has 0 spiro atoms. The van der Waals surface area contributed by atoms with Crippen LogP contribution in [0.5, 0.6) is 0 Å². The topological polar surface area (TPSA) is 23.5 Å². The molecular weight excluding hydrogens is 210 g/mol. The van der Waals surface area contributed by atoms with Gasteiger partial charge in [0.15, 0.2) is 0 Å². The molecule has 1 saturated heterocycles. The number of alkyl halides is 1. The number of likely N-dealkylation sites (tertiary alicyclic amines) is 1. The SMILES string of the molecule is CC1(O)CCN(CCCCCCCl)CC1. The molecule has 0 atom stereocenters. The number of hydrogen-bond donors (Lipinski definition) is 1. The zero-order valence-corrected chi connectivity index (χ0v) is 10.6. The molecule has 1 N–H and O–H groups in total. The summed E-state index contributed by atoms with van der Waals surface area (Å²) in [5, 5.41) is 9.79. The van der Waals surface area contributed by atoms with Gasteiger partial charge in [-0.1, -0.05) is 12.8 Å². The maximum absolute atomic E-state index is 9.79. The van der Waals surface area contributed by atoms with Crippen LogP contribution in [0.15, 0.2) is 0 Å². The molecule has 1 fully saturated rings. The van der Waals surface area contributed by atoms with Crippen LogP contribution >= 0.6 is 11.6 Å². The largest absolute Gasteiger partial charge is 0.390 e. The van der Waals surface area contributed by atoms with Crippen molar-refractivity contribution in [3.8, 4) is 0 Å². The van der Waals surface area contributed by atoms with Crippen molar-refractivity contribution in [2.45, 2.75) is 51.0 Å². The third kappa shape index (κ3) is 5.74. The van der Waals surface area contributed by atoms with Crippen LogP contribution in [-0.4, -0.2) is 41.1 Å². The summed E-state index contributed by atoms with van der Waals surface area (Å²) in [6.45, 7) is 5.26. The summed E-state index contributed by atoms with van der Waals surface area (Å²) in [4.78, 5) is 2.47. The van der Waals surface area contributed by atoms with Crippen LogP contribution in [-0.2, 0) is 0 Å². The van der Waals surface area contributed by atoms with Gasteiger partial charge in [0.25, 0.3) is 0 Å². The first-order chi connectivity index (χ1) is 7.14. The Bertz CT molecular complexity index is 163. The Labute approximate surface area is 98.6 Å². The highest BCUT2D eigenvalue weighted by Crippen LogP contribution is 2.21. The molecule has 1 aliphatic rings. The molecule has 0 aromatic carbocycles. The Morgan fingerprint density at radius 2 is 1.73 bits per heavy atom. The second kappa shape index (κ2) is 6.72. The zero-order valence-electron chi connectivity index (χ0n) is 9.84. The van der Waals surface area contributed by atoms with Gasteiger partial charge in [-0.25, -0.2) is 0 Å². The van der Waals surface area contributed by atoms with Crippen LogP contribution in [0.3, 0.4) is 0 Å². The summed E-state index contributed by atoms with van der Waals surface area (Å²) in [6, 6.07) is 0. The Balaban J connectivity index is 1.99. The molecule has 1 rings (SSSR count). The van der Waals surface area contributed by atoms with Crippen LogP contribution in [0.4, 0.5) is 0 Å². The van der Waals surface area contributed by atoms with E-state index in [-0.39, 0.29) is 0 Å². The van der Waals surface area contributed by atoms with Gasteiger partial charge in [0, 0.05) is 19.0 Å². The molecule has 0 radical (unpaired) electrons. The van der Waals surface area contributed by atoms with Crippen molar-refractivity contribution in [1.82, 2.24) is 4.90 Å². The van der Waals surface area contributed by atoms with E-state index in [4.69, 9.17) is 11.6 Å². The van der Waals surface area contributed by atoms with Crippen molar-refractivity contribution in [3.63, 3.8) is 0 Å². The van der Waals surface area contributed by atoms with E-state index in [1.54, 1.807) is 0 Å². The van der Waals surface area contributed by atoms with Crippen molar-refractivity contribution in [3.05, 3.63) is 0 Å². The number of aliphatic hydroxyl groups is 1. The van der Waals surface area contributed by atoms with Gasteiger partial charge in [-0.3, -0.25) is 0 Å². The predicted octanol–water partition coefficient (Wildman–Crippen LogP) is 2.63. The summed E-state index contributed by atoms with van der Waals surface area (Å²) in [7, 11) is 0. The van der Waals surface area contributed by atoms with Crippen molar-refractivity contribution in [2.24, 2.45) is 0 Å². The quantitative estimate of drug-likeness (QED) is 0.563. The van der Waals surface area contributed by atoms with Gasteiger partial charge in [-0.05, 0) is 39.2 Å². The molecule has 0 saturated carbocycles. The third-order valence-corrected chi connectivity index (χ3v) is 3.56. The Hall–Kier alpha value is 0.210. The van der Waals surface area contributed by atoms with E-state index in [0.29, 0.717) is 0 Å². The summed E-state index contributed by atoms with van der Waals surface area (Å²) in [5.74, 6) is 0.798. The molecule has 0 unspecified atom stereocenters. The maximum Gasteiger partial charge on any atom is 0.0644 e. The van der Waals surface area contributed by atoms with E-state index in [0.717, 1.165) is 38.2 Å². The van der Waals surface area contributed by atoms with E-state index >= 15 is 0 Å². The van der Waals surface area contributed by atoms with Crippen LogP contribution in [0.1, 0.15) is 45.4 Å². The van der Waals surface area contributed by atoms with Gasteiger partial charge in [0.2, 0.25) is 0 Å². The van der Waals surface area contributed by atoms with Crippen LogP contribution in [0.2, 0.25) is 0 Å². The lowest BCUT2D eigenvalue weighted by atomic mass is 9.94. The molecule has 90 valence electrons. The average Bonchev–Trinajstić information content (AvgIpc) is 2.20. The summed E-state index contributed by atoms with van der Waals surface area (Å²) in [5.41, 5.74) is -0.408. The fourth-order valence-corrected chi connectivity index (χ4v) is 2.23. The van der Waals surface area contributed by atoms with Crippen LogP contribution in [0, 0.1) is 0 Å². The molecule has 3 heteroatoms. The molecule has 0 aromatic heterocycles. The number of halogens is 1. The van der Waals surface area contributed by atoms with E-state index in [9.17, 15) is 5.11 Å². The lowest BCUT2D eigenvalue weighted by Gasteiger charge is -2.35. The van der Waals surface area contributed by atoms with Gasteiger partial charge < -0.3 is 10.0 Å². The molecule has 1 heterocycles. The molecule has 0 aromatic rings. The number of hydrogen-bond acceptors (Lipinski definition) is 2. The standard InChI is InChI=1S/C12H24ClNO/c1-12(15)6-10-14(11-7-12)9-5-3-2-4-8-13/h15H,2-11H2,1H3. The minimum atomic E-state index is -0.408. The number of unbranched alkanes of at least 4 members (excludes halogenated alkanes) is 3. The average molecular weight is 234 g/mol. The normalized spacial score (nSPS) is 21.8. The monoisotopic (exact) mass is 233 g/mol. The minimum Gasteiger partial charge on any atom is -0.390 e. The first kappa shape index (κ1) is 13.3. The molecule has 0 bridgehead atoms. The number of rotatable bonds is 6. The Morgan fingerprint density at radius 1 is 1.13 bits per heavy atom. The van der Waals surface area contributed by atoms with Crippen molar-refractivity contribution >= 4 is 11.6 Å². The van der Waals surface area contributed by atoms with E-state index in [1.807, 2.05) is 6.92 Å². The molecular formula is C12H24ClNO. The molecule has 0 amide bonds. The Morgan fingerprint density at radius 3 is 2.33 bits per heavy atom. The lowest BCUT2D eigenvalue weighted by Crippen LogP contribution is -2.42. The second-order valence-corrected chi connectivity index (χ2v) is 5.32. The first-order valence-corrected chi connectivity index (χ1v) is 6.68. The summed E-state index contributed by atoms with van der Waals surface area (Å²) < 4.78 is 0. The highest BCUT2D eigenvalue weighted by molar-refractivity contribution is 6.17. The van der Waals surface area contributed by atoms with Gasteiger partial charge in [-0.2, -0.15) is 0 Å². The molecule has 15 heavy (non-hydrogen) atoms. The first-order valence-electron chi connectivity index (χ1n) is 6.15. The van der Waals surface area contributed by atoms with E-state index in [1.165, 1.54) is 25.8 Å². The van der Waals surface area contributed by atoms with Crippen LogP contribution in [0.25, 0.3) is 0 Å².